The van der Waals surface area contributed by atoms with E-state index in [1.165, 1.54) is 0 Å². The normalized spacial score (nSPS) is 10.1. The highest BCUT2D eigenvalue weighted by Gasteiger charge is 2.00. The van der Waals surface area contributed by atoms with Crippen molar-refractivity contribution in [2.45, 2.75) is 19.6 Å². The van der Waals surface area contributed by atoms with Gasteiger partial charge in [-0.2, -0.15) is 0 Å². The summed E-state index contributed by atoms with van der Waals surface area (Å²) in [5, 5.41) is 14.7. The summed E-state index contributed by atoms with van der Waals surface area (Å²) >= 11 is 0. The maximum atomic E-state index is 11.3. The van der Waals surface area contributed by atoms with Crippen LogP contribution in [0.2, 0.25) is 0 Å². The molecule has 0 unspecified atom stereocenters. The van der Waals surface area contributed by atoms with Crippen molar-refractivity contribution in [1.82, 2.24) is 10.6 Å². The van der Waals surface area contributed by atoms with Gasteiger partial charge in [-0.05, 0) is 18.2 Å². The Balaban J connectivity index is 2.38. The van der Waals surface area contributed by atoms with Crippen LogP contribution in [0.1, 0.15) is 17.5 Å². The van der Waals surface area contributed by atoms with Crippen molar-refractivity contribution in [3.63, 3.8) is 0 Å². The minimum absolute atomic E-state index is 0.0293. The highest BCUT2D eigenvalue weighted by Crippen LogP contribution is 2.04. The molecule has 0 heterocycles. The number of aliphatic hydroxyl groups is 1. The fourth-order valence-electron chi connectivity index (χ4n) is 1.37. The van der Waals surface area contributed by atoms with Gasteiger partial charge < -0.3 is 15.7 Å². The predicted octanol–water partition coefficient (Wildman–Crippen LogP) is 0.405. The summed E-state index contributed by atoms with van der Waals surface area (Å²) in [6.45, 7) is 1.22. The van der Waals surface area contributed by atoms with Crippen molar-refractivity contribution in [1.29, 1.82) is 0 Å². The number of benzene rings is 1. The zero-order valence-corrected chi connectivity index (χ0v) is 9.49. The summed E-state index contributed by atoms with van der Waals surface area (Å²) in [5.74, 6) is 0.0313. The lowest BCUT2D eigenvalue weighted by atomic mass is 10.1. The molecular weight excluding hydrogens is 204 g/mol. The van der Waals surface area contributed by atoms with E-state index in [1.807, 2.05) is 31.3 Å². The first-order valence-electron chi connectivity index (χ1n) is 5.36. The number of carbonyl (C=O) groups excluding carboxylic acids is 1. The van der Waals surface area contributed by atoms with Crippen molar-refractivity contribution in [2.24, 2.45) is 0 Å². The monoisotopic (exact) mass is 222 g/mol. The average Bonchev–Trinajstić information content (AvgIpc) is 2.34. The summed E-state index contributed by atoms with van der Waals surface area (Å²) in [6, 6.07) is 7.54. The topological polar surface area (TPSA) is 61.4 Å². The van der Waals surface area contributed by atoms with Gasteiger partial charge in [-0.1, -0.05) is 24.3 Å². The number of aliphatic hydroxyl groups excluding tert-OH is 1. The van der Waals surface area contributed by atoms with Crippen LogP contribution in [0, 0.1) is 0 Å². The molecule has 88 valence electrons. The number of carbonyl (C=O) groups is 1. The van der Waals surface area contributed by atoms with E-state index in [4.69, 9.17) is 5.11 Å². The Bertz CT molecular complexity index is 340. The number of rotatable bonds is 6. The van der Waals surface area contributed by atoms with Crippen molar-refractivity contribution in [3.05, 3.63) is 35.4 Å². The van der Waals surface area contributed by atoms with Crippen molar-refractivity contribution in [2.75, 3.05) is 13.6 Å². The van der Waals surface area contributed by atoms with Gasteiger partial charge in [0.25, 0.3) is 0 Å². The molecule has 3 N–H and O–H groups in total. The SMILES string of the molecule is CNCCC(=O)NCc1cccc(CO)c1. The molecule has 0 radical (unpaired) electrons. The maximum Gasteiger partial charge on any atom is 0.221 e. The van der Waals surface area contributed by atoms with E-state index < -0.39 is 0 Å². The Morgan fingerprint density at radius 1 is 1.38 bits per heavy atom. The lowest BCUT2D eigenvalue weighted by Crippen LogP contribution is -2.26. The van der Waals surface area contributed by atoms with E-state index in [9.17, 15) is 4.79 Å². The van der Waals surface area contributed by atoms with Crippen LogP contribution in [0.25, 0.3) is 0 Å². The van der Waals surface area contributed by atoms with Crippen LogP contribution in [-0.2, 0) is 17.9 Å². The van der Waals surface area contributed by atoms with Crippen molar-refractivity contribution in [3.8, 4) is 0 Å². The van der Waals surface area contributed by atoms with Crippen LogP contribution in [-0.4, -0.2) is 24.6 Å². The summed E-state index contributed by atoms with van der Waals surface area (Å²) in [5.41, 5.74) is 1.87. The highest BCUT2D eigenvalue weighted by molar-refractivity contribution is 5.76. The standard InChI is InChI=1S/C12H18N2O2/c1-13-6-5-12(16)14-8-10-3-2-4-11(7-10)9-15/h2-4,7,13,15H,5-6,8-9H2,1H3,(H,14,16). The van der Waals surface area contributed by atoms with E-state index in [0.717, 1.165) is 11.1 Å². The van der Waals surface area contributed by atoms with Crippen LogP contribution in [0.3, 0.4) is 0 Å². The van der Waals surface area contributed by atoms with Crippen molar-refractivity contribution < 1.29 is 9.90 Å². The summed E-state index contributed by atoms with van der Waals surface area (Å²) in [4.78, 5) is 11.3. The van der Waals surface area contributed by atoms with E-state index in [-0.39, 0.29) is 12.5 Å². The van der Waals surface area contributed by atoms with Gasteiger partial charge in [-0.3, -0.25) is 4.79 Å². The number of hydrogen-bond donors (Lipinski definition) is 3. The van der Waals surface area contributed by atoms with E-state index in [2.05, 4.69) is 10.6 Å². The minimum Gasteiger partial charge on any atom is -0.392 e. The summed E-state index contributed by atoms with van der Waals surface area (Å²) in [6.07, 6.45) is 0.482. The molecule has 1 aromatic carbocycles. The van der Waals surface area contributed by atoms with Gasteiger partial charge in [0, 0.05) is 19.5 Å². The number of nitrogens with one attached hydrogen (secondary N) is 2. The van der Waals surface area contributed by atoms with E-state index >= 15 is 0 Å². The summed E-state index contributed by atoms with van der Waals surface area (Å²) in [7, 11) is 1.82. The molecular formula is C12H18N2O2. The van der Waals surface area contributed by atoms with Crippen LogP contribution >= 0.6 is 0 Å². The van der Waals surface area contributed by atoms with E-state index in [1.54, 1.807) is 0 Å². The largest absolute Gasteiger partial charge is 0.392 e. The molecule has 0 aliphatic rings. The van der Waals surface area contributed by atoms with Gasteiger partial charge in [0.2, 0.25) is 5.91 Å². The second-order valence-electron chi connectivity index (χ2n) is 3.61. The lowest BCUT2D eigenvalue weighted by molar-refractivity contribution is -0.121. The van der Waals surface area contributed by atoms with Crippen LogP contribution < -0.4 is 10.6 Å². The van der Waals surface area contributed by atoms with Gasteiger partial charge in [0.1, 0.15) is 0 Å². The molecule has 0 saturated heterocycles. The zero-order chi connectivity index (χ0) is 11.8. The minimum atomic E-state index is 0.0293. The first-order chi connectivity index (χ1) is 7.76. The Hall–Kier alpha value is -1.39. The molecule has 0 spiro atoms. The van der Waals surface area contributed by atoms with Gasteiger partial charge in [-0.25, -0.2) is 0 Å². The predicted molar refractivity (Wildman–Crippen MR) is 62.8 cm³/mol. The molecule has 0 bridgehead atoms. The third-order valence-corrected chi connectivity index (χ3v) is 2.27. The molecule has 16 heavy (non-hydrogen) atoms. The highest BCUT2D eigenvalue weighted by atomic mass is 16.3. The molecule has 1 amide bonds. The molecule has 1 rings (SSSR count). The van der Waals surface area contributed by atoms with Gasteiger partial charge in [-0.15, -0.1) is 0 Å². The zero-order valence-electron chi connectivity index (χ0n) is 9.49. The molecule has 0 aliphatic heterocycles. The molecule has 0 aliphatic carbocycles. The van der Waals surface area contributed by atoms with Crippen LogP contribution in [0.5, 0.6) is 0 Å². The first-order valence-corrected chi connectivity index (χ1v) is 5.36. The quantitative estimate of drug-likeness (QED) is 0.653. The molecule has 1 aromatic rings. The second-order valence-corrected chi connectivity index (χ2v) is 3.61. The lowest BCUT2D eigenvalue weighted by Gasteiger charge is -2.06. The molecule has 0 saturated carbocycles. The number of hydrogen-bond acceptors (Lipinski definition) is 3. The Kier molecular flexibility index (Phi) is 5.53. The molecule has 0 aromatic heterocycles. The average molecular weight is 222 g/mol. The fourth-order valence-corrected chi connectivity index (χ4v) is 1.37. The van der Waals surface area contributed by atoms with Crippen molar-refractivity contribution >= 4 is 5.91 Å². The molecule has 0 atom stereocenters. The Morgan fingerprint density at radius 2 is 2.12 bits per heavy atom. The summed E-state index contributed by atoms with van der Waals surface area (Å²) < 4.78 is 0. The fraction of sp³-hybridized carbons (Fsp3) is 0.417. The maximum absolute atomic E-state index is 11.3. The smallest absolute Gasteiger partial charge is 0.221 e. The second kappa shape index (κ2) is 6.98. The van der Waals surface area contributed by atoms with Gasteiger partial charge in [0.15, 0.2) is 0 Å². The molecule has 0 fully saturated rings. The Labute approximate surface area is 95.7 Å². The number of amides is 1. The third-order valence-electron chi connectivity index (χ3n) is 2.27. The Morgan fingerprint density at radius 3 is 2.81 bits per heavy atom. The van der Waals surface area contributed by atoms with Crippen LogP contribution in [0.4, 0.5) is 0 Å². The third kappa shape index (κ3) is 4.42. The molecule has 4 heteroatoms. The van der Waals surface area contributed by atoms with E-state index in [0.29, 0.717) is 19.5 Å². The van der Waals surface area contributed by atoms with Crippen LogP contribution in [0.15, 0.2) is 24.3 Å². The molecule has 4 nitrogen and oxygen atoms in total. The van der Waals surface area contributed by atoms with Gasteiger partial charge in [0.05, 0.1) is 6.61 Å². The first kappa shape index (κ1) is 12.7. The van der Waals surface area contributed by atoms with Gasteiger partial charge >= 0.3 is 0 Å².